The molecule has 3 heterocycles. The first-order chi connectivity index (χ1) is 10.1. The molecule has 21 heavy (non-hydrogen) atoms. The first kappa shape index (κ1) is 14.2. The van der Waals surface area contributed by atoms with E-state index in [4.69, 9.17) is 4.98 Å². The molecular weight excluding hydrogens is 262 g/mol. The van der Waals surface area contributed by atoms with Crippen molar-refractivity contribution in [2.75, 3.05) is 13.6 Å². The van der Waals surface area contributed by atoms with Gasteiger partial charge in [-0.3, -0.25) is 4.90 Å². The number of imidazole rings is 1. The molecule has 1 atom stereocenters. The molecule has 0 N–H and O–H groups in total. The van der Waals surface area contributed by atoms with Crippen molar-refractivity contribution in [1.29, 1.82) is 0 Å². The van der Waals surface area contributed by atoms with E-state index in [0.29, 0.717) is 6.04 Å². The Kier molecular flexibility index (Phi) is 3.76. The van der Waals surface area contributed by atoms with Gasteiger partial charge in [0.05, 0.1) is 23.6 Å². The number of aryl methyl sites for hydroxylation is 2. The second-order valence-corrected chi connectivity index (χ2v) is 5.99. The molecule has 0 amide bonds. The van der Waals surface area contributed by atoms with E-state index in [1.54, 1.807) is 0 Å². The Morgan fingerprint density at radius 1 is 1.14 bits per heavy atom. The van der Waals surface area contributed by atoms with Gasteiger partial charge >= 0.3 is 0 Å². The lowest BCUT2D eigenvalue weighted by Crippen LogP contribution is -2.31. The minimum atomic E-state index is 0.340. The fraction of sp³-hybridized carbons (Fsp3) is 0.562. The van der Waals surface area contributed by atoms with Crippen molar-refractivity contribution in [3.05, 3.63) is 29.6 Å². The summed E-state index contributed by atoms with van der Waals surface area (Å²) in [6, 6.07) is 2.38. The fourth-order valence-corrected chi connectivity index (χ4v) is 3.01. The van der Waals surface area contributed by atoms with Crippen molar-refractivity contribution in [3.63, 3.8) is 0 Å². The zero-order valence-electron chi connectivity index (χ0n) is 13.3. The van der Waals surface area contributed by atoms with E-state index in [0.717, 1.165) is 41.7 Å². The van der Waals surface area contributed by atoms with Crippen molar-refractivity contribution >= 4 is 0 Å². The van der Waals surface area contributed by atoms with Gasteiger partial charge < -0.3 is 4.57 Å². The highest BCUT2D eigenvalue weighted by Crippen LogP contribution is 2.29. The minimum absolute atomic E-state index is 0.340. The van der Waals surface area contributed by atoms with Crippen LogP contribution in [0.2, 0.25) is 0 Å². The summed E-state index contributed by atoms with van der Waals surface area (Å²) in [5.41, 5.74) is 3.05. The molecule has 0 spiro atoms. The summed E-state index contributed by atoms with van der Waals surface area (Å²) in [5.74, 6) is 1.95. The molecule has 1 fully saturated rings. The summed E-state index contributed by atoms with van der Waals surface area (Å²) in [7, 11) is 4.20. The fourth-order valence-electron chi connectivity index (χ4n) is 3.01. The van der Waals surface area contributed by atoms with Gasteiger partial charge in [0.2, 0.25) is 0 Å². The van der Waals surface area contributed by atoms with E-state index >= 15 is 0 Å². The zero-order chi connectivity index (χ0) is 15.0. The summed E-state index contributed by atoms with van der Waals surface area (Å²) in [6.45, 7) is 5.18. The third-order valence-electron chi connectivity index (χ3n) is 4.42. The summed E-state index contributed by atoms with van der Waals surface area (Å²) >= 11 is 0. The van der Waals surface area contributed by atoms with Gasteiger partial charge in [0.1, 0.15) is 11.6 Å². The van der Waals surface area contributed by atoms with Gasteiger partial charge in [-0.2, -0.15) is 0 Å². The number of hydrogen-bond acceptors (Lipinski definition) is 4. The van der Waals surface area contributed by atoms with Crippen molar-refractivity contribution in [2.24, 2.45) is 7.05 Å². The molecule has 0 aliphatic carbocycles. The molecule has 0 radical (unpaired) electrons. The minimum Gasteiger partial charge on any atom is -0.330 e. The number of piperidine rings is 1. The molecule has 1 aliphatic heterocycles. The molecule has 0 saturated carbocycles. The van der Waals surface area contributed by atoms with Crippen LogP contribution in [0.4, 0.5) is 0 Å². The summed E-state index contributed by atoms with van der Waals surface area (Å²) in [4.78, 5) is 16.3. The van der Waals surface area contributed by atoms with Crippen LogP contribution in [0.5, 0.6) is 0 Å². The molecule has 1 saturated heterocycles. The largest absolute Gasteiger partial charge is 0.330 e. The predicted octanol–water partition coefficient (Wildman–Crippen LogP) is 2.65. The topological polar surface area (TPSA) is 46.8 Å². The maximum Gasteiger partial charge on any atom is 0.146 e. The third-order valence-corrected chi connectivity index (χ3v) is 4.42. The molecule has 0 aromatic carbocycles. The predicted molar refractivity (Wildman–Crippen MR) is 82.9 cm³/mol. The van der Waals surface area contributed by atoms with E-state index in [9.17, 15) is 0 Å². The van der Waals surface area contributed by atoms with E-state index in [1.807, 2.05) is 33.2 Å². The summed E-state index contributed by atoms with van der Waals surface area (Å²) < 4.78 is 2.08. The third kappa shape index (κ3) is 2.70. The number of aromatic nitrogens is 4. The second-order valence-electron chi connectivity index (χ2n) is 5.99. The smallest absolute Gasteiger partial charge is 0.146 e. The molecule has 1 aliphatic rings. The van der Waals surface area contributed by atoms with Crippen molar-refractivity contribution in [3.8, 4) is 11.4 Å². The van der Waals surface area contributed by atoms with Gasteiger partial charge in [-0.05, 0) is 46.3 Å². The van der Waals surface area contributed by atoms with E-state index in [2.05, 4.69) is 26.5 Å². The van der Waals surface area contributed by atoms with Crippen LogP contribution in [0.15, 0.2) is 12.3 Å². The van der Waals surface area contributed by atoms with Gasteiger partial charge in [-0.25, -0.2) is 15.0 Å². The van der Waals surface area contributed by atoms with Crippen LogP contribution < -0.4 is 0 Å². The van der Waals surface area contributed by atoms with Gasteiger partial charge in [0.15, 0.2) is 0 Å². The number of hydrogen-bond donors (Lipinski definition) is 0. The normalized spacial score (nSPS) is 19.9. The Hall–Kier alpha value is -1.75. The second kappa shape index (κ2) is 5.56. The molecule has 2 aromatic heterocycles. The highest BCUT2D eigenvalue weighted by Gasteiger charge is 2.24. The van der Waals surface area contributed by atoms with Gasteiger partial charge in [0.25, 0.3) is 0 Å². The van der Waals surface area contributed by atoms with Crippen molar-refractivity contribution in [2.45, 2.75) is 39.2 Å². The number of likely N-dealkylation sites (tertiary alicyclic amines) is 1. The Labute approximate surface area is 126 Å². The summed E-state index contributed by atoms with van der Waals surface area (Å²) in [6.07, 6.45) is 5.56. The highest BCUT2D eigenvalue weighted by molar-refractivity contribution is 5.54. The molecule has 0 bridgehead atoms. The monoisotopic (exact) mass is 285 g/mol. The average molecular weight is 285 g/mol. The first-order valence-corrected chi connectivity index (χ1v) is 7.61. The molecule has 0 unspecified atom stereocenters. The maximum atomic E-state index is 4.84. The van der Waals surface area contributed by atoms with Crippen LogP contribution in [0.25, 0.3) is 11.4 Å². The van der Waals surface area contributed by atoms with Gasteiger partial charge in [-0.1, -0.05) is 6.42 Å². The van der Waals surface area contributed by atoms with Crippen molar-refractivity contribution < 1.29 is 0 Å². The first-order valence-electron chi connectivity index (χ1n) is 7.61. The lowest BCUT2D eigenvalue weighted by atomic mass is 10.0. The van der Waals surface area contributed by atoms with Gasteiger partial charge in [0, 0.05) is 12.7 Å². The quantitative estimate of drug-likeness (QED) is 0.851. The van der Waals surface area contributed by atoms with Crippen LogP contribution >= 0.6 is 0 Å². The molecular formula is C16H23N5. The molecule has 5 nitrogen and oxygen atoms in total. The van der Waals surface area contributed by atoms with Crippen LogP contribution in [0.3, 0.4) is 0 Å². The lowest BCUT2D eigenvalue weighted by molar-refractivity contribution is 0.179. The van der Waals surface area contributed by atoms with Crippen LogP contribution in [0, 0.1) is 13.8 Å². The average Bonchev–Trinajstić information content (AvgIpc) is 2.79. The lowest BCUT2D eigenvalue weighted by Gasteiger charge is -2.31. The van der Waals surface area contributed by atoms with E-state index in [1.165, 1.54) is 12.8 Å². The maximum absolute atomic E-state index is 4.84. The number of nitrogens with zero attached hydrogens (tertiary/aromatic N) is 5. The Balaban J connectivity index is 2.02. The molecule has 3 rings (SSSR count). The van der Waals surface area contributed by atoms with Gasteiger partial charge in [-0.15, -0.1) is 0 Å². The SMILES string of the molecule is Cc1cc(-c2cnc(C)n2C)nc([C@H]2CCCCN2C)n1. The molecule has 5 heteroatoms. The van der Waals surface area contributed by atoms with Crippen LogP contribution in [-0.2, 0) is 7.05 Å². The van der Waals surface area contributed by atoms with Crippen LogP contribution in [0.1, 0.15) is 42.6 Å². The molecule has 2 aromatic rings. The Morgan fingerprint density at radius 2 is 1.95 bits per heavy atom. The Morgan fingerprint density at radius 3 is 2.62 bits per heavy atom. The highest BCUT2D eigenvalue weighted by atomic mass is 15.2. The summed E-state index contributed by atoms with van der Waals surface area (Å²) in [5, 5.41) is 0. The molecule has 112 valence electrons. The zero-order valence-corrected chi connectivity index (χ0v) is 13.3. The Bertz CT molecular complexity index is 646. The van der Waals surface area contributed by atoms with Crippen LogP contribution in [-0.4, -0.2) is 38.0 Å². The van der Waals surface area contributed by atoms with E-state index < -0.39 is 0 Å². The number of rotatable bonds is 2. The van der Waals surface area contributed by atoms with E-state index in [-0.39, 0.29) is 0 Å². The standard InChI is InChI=1S/C16H23N5/c1-11-9-13(15-10-17-12(2)21(15)4)19-16(18-11)14-7-5-6-8-20(14)3/h9-10,14H,5-8H2,1-4H3/t14-/m1/s1. The van der Waals surface area contributed by atoms with Crippen molar-refractivity contribution in [1.82, 2.24) is 24.4 Å².